The Morgan fingerprint density at radius 3 is 2.71 bits per heavy atom. The second-order valence-electron chi connectivity index (χ2n) is 5.53. The lowest BCUT2D eigenvalue weighted by Gasteiger charge is -2.27. The number of hydrogen-bond donors (Lipinski definition) is 2. The molecule has 3 nitrogen and oxygen atoms in total. The highest BCUT2D eigenvalue weighted by Crippen LogP contribution is 2.33. The van der Waals surface area contributed by atoms with E-state index in [1.165, 1.54) is 27.0 Å². The second kappa shape index (κ2) is 5.64. The fourth-order valence-corrected chi connectivity index (χ4v) is 3.84. The van der Waals surface area contributed by atoms with Crippen molar-refractivity contribution in [3.05, 3.63) is 47.3 Å². The molecular weight excluding hydrogens is 278 g/mol. The van der Waals surface area contributed by atoms with Gasteiger partial charge in [0.2, 0.25) is 0 Å². The zero-order valence-electron chi connectivity index (χ0n) is 11.9. The molecular formula is C17H19N3S. The summed E-state index contributed by atoms with van der Waals surface area (Å²) in [5.41, 5.74) is 3.98. The number of thiophene rings is 1. The summed E-state index contributed by atoms with van der Waals surface area (Å²) in [7, 11) is 0. The standard InChI is InChI=1S/C17H19N3S/c1-2-5-15-13(4-1)14(12-20-9-7-18-8-10-20)17(19-15)16-6-3-11-21-16/h1-6,11,18-19H,7-10,12H2. The van der Waals surface area contributed by atoms with Crippen LogP contribution in [-0.4, -0.2) is 36.1 Å². The van der Waals surface area contributed by atoms with Crippen LogP contribution in [0.5, 0.6) is 0 Å². The molecule has 0 radical (unpaired) electrons. The van der Waals surface area contributed by atoms with Crippen molar-refractivity contribution in [2.24, 2.45) is 0 Å². The van der Waals surface area contributed by atoms with Crippen LogP contribution in [0.25, 0.3) is 21.5 Å². The van der Waals surface area contributed by atoms with E-state index < -0.39 is 0 Å². The van der Waals surface area contributed by atoms with Crippen LogP contribution >= 0.6 is 11.3 Å². The first-order valence-corrected chi connectivity index (χ1v) is 8.36. The van der Waals surface area contributed by atoms with Gasteiger partial charge in [-0.2, -0.15) is 0 Å². The number of H-pyrrole nitrogens is 1. The highest BCUT2D eigenvalue weighted by molar-refractivity contribution is 7.13. The molecule has 21 heavy (non-hydrogen) atoms. The van der Waals surface area contributed by atoms with Crippen molar-refractivity contribution in [2.75, 3.05) is 26.2 Å². The first kappa shape index (κ1) is 13.1. The van der Waals surface area contributed by atoms with E-state index in [1.54, 1.807) is 11.3 Å². The van der Waals surface area contributed by atoms with Crippen molar-refractivity contribution in [1.82, 2.24) is 15.2 Å². The molecule has 108 valence electrons. The molecule has 3 aromatic rings. The van der Waals surface area contributed by atoms with Crippen molar-refractivity contribution in [3.8, 4) is 10.6 Å². The average Bonchev–Trinajstić information content (AvgIpc) is 3.16. The molecule has 0 spiro atoms. The van der Waals surface area contributed by atoms with Crippen molar-refractivity contribution >= 4 is 22.2 Å². The molecule has 1 aliphatic heterocycles. The second-order valence-corrected chi connectivity index (χ2v) is 6.48. The van der Waals surface area contributed by atoms with E-state index in [4.69, 9.17) is 0 Å². The number of benzene rings is 1. The molecule has 3 heterocycles. The Morgan fingerprint density at radius 1 is 1.05 bits per heavy atom. The third-order valence-corrected chi connectivity index (χ3v) is 5.06. The van der Waals surface area contributed by atoms with Crippen LogP contribution in [0.3, 0.4) is 0 Å². The van der Waals surface area contributed by atoms with Gasteiger partial charge in [0.15, 0.2) is 0 Å². The Balaban J connectivity index is 1.78. The predicted octanol–water partition coefficient (Wildman–Crippen LogP) is 3.30. The third-order valence-electron chi connectivity index (χ3n) is 4.17. The van der Waals surface area contributed by atoms with Crippen LogP contribution in [0.15, 0.2) is 41.8 Å². The molecule has 1 fully saturated rings. The van der Waals surface area contributed by atoms with E-state index >= 15 is 0 Å². The molecule has 4 heteroatoms. The third kappa shape index (κ3) is 2.50. The lowest BCUT2D eigenvalue weighted by molar-refractivity contribution is 0.234. The molecule has 2 aromatic heterocycles. The van der Waals surface area contributed by atoms with Crippen LogP contribution in [0, 0.1) is 0 Å². The molecule has 1 aliphatic rings. The molecule has 0 bridgehead atoms. The summed E-state index contributed by atoms with van der Waals surface area (Å²) >= 11 is 1.81. The highest BCUT2D eigenvalue weighted by atomic mass is 32.1. The summed E-state index contributed by atoms with van der Waals surface area (Å²) in [6.07, 6.45) is 0. The zero-order valence-corrected chi connectivity index (χ0v) is 12.7. The Hall–Kier alpha value is -1.62. The summed E-state index contributed by atoms with van der Waals surface area (Å²) in [5, 5.41) is 6.94. The van der Waals surface area contributed by atoms with Crippen molar-refractivity contribution in [1.29, 1.82) is 0 Å². The average molecular weight is 297 g/mol. The molecule has 1 aromatic carbocycles. The van der Waals surface area contributed by atoms with Crippen molar-refractivity contribution < 1.29 is 0 Å². The number of hydrogen-bond acceptors (Lipinski definition) is 3. The quantitative estimate of drug-likeness (QED) is 0.777. The van der Waals surface area contributed by atoms with Crippen molar-refractivity contribution in [2.45, 2.75) is 6.54 Å². The normalized spacial score (nSPS) is 16.6. The number of fused-ring (bicyclic) bond motifs is 1. The Morgan fingerprint density at radius 2 is 1.90 bits per heavy atom. The monoisotopic (exact) mass is 297 g/mol. The van der Waals surface area contributed by atoms with Crippen LogP contribution in [0.2, 0.25) is 0 Å². The molecule has 0 unspecified atom stereocenters. The number of para-hydroxylation sites is 1. The highest BCUT2D eigenvalue weighted by Gasteiger charge is 2.17. The van der Waals surface area contributed by atoms with E-state index in [0.29, 0.717) is 0 Å². The minimum atomic E-state index is 1.03. The molecule has 0 aliphatic carbocycles. The number of rotatable bonds is 3. The van der Waals surface area contributed by atoms with E-state index in [0.717, 1.165) is 32.7 Å². The van der Waals surface area contributed by atoms with Gasteiger partial charge in [-0.25, -0.2) is 0 Å². The van der Waals surface area contributed by atoms with Gasteiger partial charge in [0.1, 0.15) is 0 Å². The summed E-state index contributed by atoms with van der Waals surface area (Å²) in [6.45, 7) is 5.47. The van der Waals surface area contributed by atoms with E-state index in [1.807, 2.05) is 0 Å². The topological polar surface area (TPSA) is 31.1 Å². The van der Waals surface area contributed by atoms with Gasteiger partial charge in [-0.3, -0.25) is 4.90 Å². The zero-order chi connectivity index (χ0) is 14.1. The maximum atomic E-state index is 3.62. The smallest absolute Gasteiger partial charge is 0.0611 e. The van der Waals surface area contributed by atoms with Gasteiger partial charge in [0, 0.05) is 49.2 Å². The minimum absolute atomic E-state index is 1.03. The summed E-state index contributed by atoms with van der Waals surface area (Å²) in [6, 6.07) is 13.0. The summed E-state index contributed by atoms with van der Waals surface area (Å²) in [4.78, 5) is 7.50. The van der Waals surface area contributed by atoms with Crippen LogP contribution < -0.4 is 5.32 Å². The first-order valence-electron chi connectivity index (χ1n) is 7.48. The lowest BCUT2D eigenvalue weighted by atomic mass is 10.1. The van der Waals surface area contributed by atoms with Gasteiger partial charge in [-0.1, -0.05) is 24.3 Å². The number of aromatic nitrogens is 1. The lowest BCUT2D eigenvalue weighted by Crippen LogP contribution is -2.42. The van der Waals surface area contributed by atoms with E-state index in [9.17, 15) is 0 Å². The molecule has 1 saturated heterocycles. The van der Waals surface area contributed by atoms with Gasteiger partial charge < -0.3 is 10.3 Å². The summed E-state index contributed by atoms with van der Waals surface area (Å²) < 4.78 is 0. The number of aromatic amines is 1. The Kier molecular flexibility index (Phi) is 3.51. The molecule has 4 rings (SSSR count). The largest absolute Gasteiger partial charge is 0.354 e. The minimum Gasteiger partial charge on any atom is -0.354 e. The maximum Gasteiger partial charge on any atom is 0.0611 e. The SMILES string of the molecule is c1csc(-c2[nH]c3ccccc3c2CN2CCNCC2)c1. The molecule has 2 N–H and O–H groups in total. The predicted molar refractivity (Wildman–Crippen MR) is 89.8 cm³/mol. The van der Waals surface area contributed by atoms with Crippen LogP contribution in [-0.2, 0) is 6.54 Å². The molecule has 0 atom stereocenters. The van der Waals surface area contributed by atoms with E-state index in [-0.39, 0.29) is 0 Å². The number of nitrogens with zero attached hydrogens (tertiary/aromatic N) is 1. The van der Waals surface area contributed by atoms with E-state index in [2.05, 4.69) is 57.0 Å². The summed E-state index contributed by atoms with van der Waals surface area (Å²) in [5.74, 6) is 0. The fraction of sp³-hybridized carbons (Fsp3) is 0.294. The van der Waals surface area contributed by atoms with Crippen LogP contribution in [0.4, 0.5) is 0 Å². The Labute approximate surface area is 128 Å². The van der Waals surface area contributed by atoms with Gasteiger partial charge in [-0.05, 0) is 17.5 Å². The van der Waals surface area contributed by atoms with Gasteiger partial charge in [0.25, 0.3) is 0 Å². The number of nitrogens with one attached hydrogen (secondary N) is 2. The van der Waals surface area contributed by atoms with Crippen molar-refractivity contribution in [3.63, 3.8) is 0 Å². The Bertz CT molecular complexity index is 724. The first-order chi connectivity index (χ1) is 10.4. The maximum absolute atomic E-state index is 3.62. The van der Waals surface area contributed by atoms with Gasteiger partial charge in [-0.15, -0.1) is 11.3 Å². The molecule has 0 amide bonds. The van der Waals surface area contributed by atoms with Gasteiger partial charge in [0.05, 0.1) is 10.6 Å². The molecule has 0 saturated carbocycles. The van der Waals surface area contributed by atoms with Crippen LogP contribution in [0.1, 0.15) is 5.56 Å². The number of piperazine rings is 1. The van der Waals surface area contributed by atoms with Gasteiger partial charge >= 0.3 is 0 Å². The fourth-order valence-electron chi connectivity index (χ4n) is 3.09.